The number of aromatic hydroxyl groups is 1. The van der Waals surface area contributed by atoms with Crippen LogP contribution in [0.15, 0.2) is 4.52 Å². The molecule has 0 unspecified atom stereocenters. The first-order valence-electron chi connectivity index (χ1n) is 5.78. The summed E-state index contributed by atoms with van der Waals surface area (Å²) < 4.78 is 5.15. The van der Waals surface area contributed by atoms with Gasteiger partial charge < -0.3 is 9.63 Å². The van der Waals surface area contributed by atoms with Gasteiger partial charge in [0.15, 0.2) is 0 Å². The Morgan fingerprint density at radius 3 is 2.87 bits per heavy atom. The molecule has 1 aliphatic carbocycles. The summed E-state index contributed by atoms with van der Waals surface area (Å²) in [5, 5.41) is 13.4. The van der Waals surface area contributed by atoms with Gasteiger partial charge in [-0.25, -0.2) is 0 Å². The van der Waals surface area contributed by atoms with Crippen LogP contribution in [0, 0.1) is 0 Å². The Kier molecular flexibility index (Phi) is 2.16. The highest BCUT2D eigenvalue weighted by atomic mass is 16.5. The second kappa shape index (κ2) is 3.52. The number of hydrogen-bond donors (Lipinski definition) is 1. The lowest BCUT2D eigenvalue weighted by Gasteiger charge is -2.29. The molecule has 0 amide bonds. The van der Waals surface area contributed by atoms with Gasteiger partial charge in [0.2, 0.25) is 0 Å². The molecule has 0 aromatic carbocycles. The van der Waals surface area contributed by atoms with Crippen molar-refractivity contribution in [3.63, 3.8) is 0 Å². The van der Waals surface area contributed by atoms with Gasteiger partial charge in [-0.3, -0.25) is 4.90 Å². The average Bonchev–Trinajstić information content (AvgIpc) is 2.88. The van der Waals surface area contributed by atoms with E-state index in [1.54, 1.807) is 0 Å². The molecule has 1 N–H and O–H groups in total. The second-order valence-corrected chi connectivity index (χ2v) is 4.49. The molecule has 1 atom stereocenters. The Balaban J connectivity index is 1.93. The molecule has 1 aliphatic heterocycles. The summed E-state index contributed by atoms with van der Waals surface area (Å²) in [5.74, 6) is 1.01. The van der Waals surface area contributed by atoms with Crippen LogP contribution in [0.1, 0.15) is 43.0 Å². The Morgan fingerprint density at radius 1 is 1.27 bits per heavy atom. The van der Waals surface area contributed by atoms with Crippen LogP contribution in [-0.2, 0) is 6.42 Å². The fourth-order valence-corrected chi connectivity index (χ4v) is 2.86. The molecule has 0 bridgehead atoms. The lowest BCUT2D eigenvalue weighted by molar-refractivity contribution is 0.212. The minimum Gasteiger partial charge on any atom is -0.491 e. The molecule has 1 aromatic rings. The molecular formula is C11H16N2O2. The quantitative estimate of drug-likeness (QED) is 0.765. The van der Waals surface area contributed by atoms with E-state index in [2.05, 4.69) is 10.1 Å². The summed E-state index contributed by atoms with van der Waals surface area (Å²) in [6.07, 6.45) is 5.74. The normalized spacial score (nSPS) is 26.8. The maximum Gasteiger partial charge on any atom is 0.256 e. The van der Waals surface area contributed by atoms with Gasteiger partial charge in [0.1, 0.15) is 5.76 Å². The summed E-state index contributed by atoms with van der Waals surface area (Å²) in [7, 11) is 0. The molecule has 2 heterocycles. The number of likely N-dealkylation sites (tertiary alicyclic amines) is 1. The van der Waals surface area contributed by atoms with Crippen LogP contribution in [0.25, 0.3) is 0 Å². The highest BCUT2D eigenvalue weighted by Gasteiger charge is 2.33. The molecule has 3 rings (SSSR count). The topological polar surface area (TPSA) is 49.5 Å². The molecule has 0 radical (unpaired) electrons. The SMILES string of the molecule is Oc1noc2c1[C@H](N1CCCC1)CCC2. The lowest BCUT2D eigenvalue weighted by atomic mass is 9.92. The number of hydrogen-bond acceptors (Lipinski definition) is 4. The van der Waals surface area contributed by atoms with Crippen molar-refractivity contribution < 1.29 is 9.63 Å². The molecule has 15 heavy (non-hydrogen) atoms. The third-order valence-corrected chi connectivity index (χ3v) is 3.58. The van der Waals surface area contributed by atoms with Crippen LogP contribution in [0.3, 0.4) is 0 Å². The molecule has 1 saturated heterocycles. The van der Waals surface area contributed by atoms with Crippen molar-refractivity contribution in [2.24, 2.45) is 0 Å². The van der Waals surface area contributed by atoms with Crippen molar-refractivity contribution in [3.05, 3.63) is 11.3 Å². The van der Waals surface area contributed by atoms with Crippen molar-refractivity contribution in [1.82, 2.24) is 10.1 Å². The van der Waals surface area contributed by atoms with Crippen molar-refractivity contribution >= 4 is 0 Å². The molecule has 4 heteroatoms. The first-order chi connectivity index (χ1) is 7.36. The first-order valence-corrected chi connectivity index (χ1v) is 5.78. The summed E-state index contributed by atoms with van der Waals surface area (Å²) in [6.45, 7) is 2.30. The Hall–Kier alpha value is -1.03. The van der Waals surface area contributed by atoms with E-state index in [0.717, 1.165) is 43.7 Å². The van der Waals surface area contributed by atoms with E-state index in [1.165, 1.54) is 12.8 Å². The Morgan fingerprint density at radius 2 is 2.07 bits per heavy atom. The smallest absolute Gasteiger partial charge is 0.256 e. The monoisotopic (exact) mass is 208 g/mol. The number of rotatable bonds is 1. The predicted octanol–water partition coefficient (Wildman–Crippen LogP) is 1.85. The fourth-order valence-electron chi connectivity index (χ4n) is 2.86. The molecule has 1 fully saturated rings. The van der Waals surface area contributed by atoms with E-state index in [0.29, 0.717) is 6.04 Å². The van der Waals surface area contributed by atoms with Crippen LogP contribution < -0.4 is 0 Å². The minimum atomic E-state index is 0.113. The summed E-state index contributed by atoms with van der Waals surface area (Å²) in [5.41, 5.74) is 0.961. The maximum absolute atomic E-state index is 9.70. The molecule has 0 spiro atoms. The number of aromatic nitrogens is 1. The van der Waals surface area contributed by atoms with E-state index in [1.807, 2.05) is 0 Å². The van der Waals surface area contributed by atoms with Gasteiger partial charge in [-0.1, -0.05) is 0 Å². The third-order valence-electron chi connectivity index (χ3n) is 3.58. The molecule has 1 aromatic heterocycles. The number of fused-ring (bicyclic) bond motifs is 1. The molecule has 4 nitrogen and oxygen atoms in total. The van der Waals surface area contributed by atoms with Crippen LogP contribution >= 0.6 is 0 Å². The maximum atomic E-state index is 9.70. The third kappa shape index (κ3) is 1.44. The van der Waals surface area contributed by atoms with E-state index < -0.39 is 0 Å². The summed E-state index contributed by atoms with van der Waals surface area (Å²) >= 11 is 0. The molecule has 2 aliphatic rings. The molecule has 82 valence electrons. The van der Waals surface area contributed by atoms with Gasteiger partial charge in [0.05, 0.1) is 5.56 Å². The van der Waals surface area contributed by atoms with Crippen molar-refractivity contribution in [2.75, 3.05) is 13.1 Å². The first kappa shape index (κ1) is 9.21. The minimum absolute atomic E-state index is 0.113. The predicted molar refractivity (Wildman–Crippen MR) is 54.7 cm³/mol. The van der Waals surface area contributed by atoms with Crippen molar-refractivity contribution in [2.45, 2.75) is 38.1 Å². The Bertz CT molecular complexity index is 355. The summed E-state index contributed by atoms with van der Waals surface area (Å²) in [6, 6.07) is 0.350. The van der Waals surface area contributed by atoms with Crippen molar-refractivity contribution in [3.8, 4) is 5.88 Å². The largest absolute Gasteiger partial charge is 0.491 e. The highest BCUT2D eigenvalue weighted by molar-refractivity contribution is 5.32. The fraction of sp³-hybridized carbons (Fsp3) is 0.727. The van der Waals surface area contributed by atoms with Crippen LogP contribution in [0.2, 0.25) is 0 Å². The van der Waals surface area contributed by atoms with E-state index in [9.17, 15) is 5.11 Å². The van der Waals surface area contributed by atoms with E-state index >= 15 is 0 Å². The van der Waals surface area contributed by atoms with Gasteiger partial charge >= 0.3 is 0 Å². The lowest BCUT2D eigenvalue weighted by Crippen LogP contribution is -2.28. The van der Waals surface area contributed by atoms with E-state index in [-0.39, 0.29) is 5.88 Å². The van der Waals surface area contributed by atoms with Gasteiger partial charge in [-0.2, -0.15) is 0 Å². The standard InChI is InChI=1S/C11H16N2O2/c14-11-10-8(13-6-1-2-7-13)4-3-5-9(10)15-12-11/h8H,1-7H2,(H,12,14)/t8-/m1/s1. The zero-order valence-electron chi connectivity index (χ0n) is 8.78. The summed E-state index contributed by atoms with van der Waals surface area (Å²) in [4.78, 5) is 2.45. The van der Waals surface area contributed by atoms with Crippen LogP contribution in [0.4, 0.5) is 0 Å². The molecular weight excluding hydrogens is 192 g/mol. The van der Waals surface area contributed by atoms with Crippen molar-refractivity contribution in [1.29, 1.82) is 0 Å². The van der Waals surface area contributed by atoms with Gasteiger partial charge in [-0.15, -0.1) is 0 Å². The second-order valence-electron chi connectivity index (χ2n) is 4.49. The van der Waals surface area contributed by atoms with Crippen LogP contribution in [-0.4, -0.2) is 28.3 Å². The van der Waals surface area contributed by atoms with Gasteiger partial charge in [0, 0.05) is 12.5 Å². The van der Waals surface area contributed by atoms with Crippen LogP contribution in [0.5, 0.6) is 5.88 Å². The molecule has 0 saturated carbocycles. The number of nitrogens with zero attached hydrogens (tertiary/aromatic N) is 2. The zero-order chi connectivity index (χ0) is 10.3. The Labute approximate surface area is 88.9 Å². The zero-order valence-corrected chi connectivity index (χ0v) is 8.78. The average molecular weight is 208 g/mol. The van der Waals surface area contributed by atoms with E-state index in [4.69, 9.17) is 4.52 Å². The van der Waals surface area contributed by atoms with Gasteiger partial charge in [0.25, 0.3) is 5.88 Å². The number of aryl methyl sites for hydroxylation is 1. The van der Waals surface area contributed by atoms with Gasteiger partial charge in [-0.05, 0) is 43.9 Å². The highest BCUT2D eigenvalue weighted by Crippen LogP contribution is 2.40.